The highest BCUT2D eigenvalue weighted by Crippen LogP contribution is 2.10. The van der Waals surface area contributed by atoms with E-state index in [1.165, 1.54) is 18.4 Å². The van der Waals surface area contributed by atoms with Gasteiger partial charge < -0.3 is 5.32 Å². The molecule has 0 aliphatic heterocycles. The molecule has 0 amide bonds. The molecule has 2 atom stereocenters. The molecule has 1 aromatic heterocycles. The van der Waals surface area contributed by atoms with E-state index in [2.05, 4.69) is 44.3 Å². The molecule has 3 nitrogen and oxygen atoms in total. The molecule has 1 rings (SSSR count). The van der Waals surface area contributed by atoms with Gasteiger partial charge in [0.05, 0.1) is 6.20 Å². The first-order valence-corrected chi connectivity index (χ1v) is 6.90. The Hall–Kier alpha value is -0.830. The molecule has 0 aromatic carbocycles. The molecule has 0 saturated carbocycles. The summed E-state index contributed by atoms with van der Waals surface area (Å²) in [5.41, 5.74) is 1.29. The summed E-state index contributed by atoms with van der Waals surface area (Å²) in [5, 5.41) is 7.90. The Labute approximate surface area is 106 Å². The molecule has 2 unspecified atom stereocenters. The van der Waals surface area contributed by atoms with Crippen molar-refractivity contribution in [1.29, 1.82) is 0 Å². The summed E-state index contributed by atoms with van der Waals surface area (Å²) in [5.74, 6) is 0.806. The van der Waals surface area contributed by atoms with Crippen molar-refractivity contribution in [3.63, 3.8) is 0 Å². The second-order valence-electron chi connectivity index (χ2n) is 5.14. The van der Waals surface area contributed by atoms with Gasteiger partial charge in [0, 0.05) is 30.9 Å². The van der Waals surface area contributed by atoms with Gasteiger partial charge in [-0.25, -0.2) is 0 Å². The summed E-state index contributed by atoms with van der Waals surface area (Å²) in [6.45, 7) is 11.0. The SMILES string of the molecule is CCCn1cc(CNC(C)CC(C)CC)cn1. The van der Waals surface area contributed by atoms with Crippen molar-refractivity contribution in [2.75, 3.05) is 0 Å². The van der Waals surface area contributed by atoms with E-state index < -0.39 is 0 Å². The third-order valence-corrected chi connectivity index (χ3v) is 3.25. The van der Waals surface area contributed by atoms with Crippen molar-refractivity contribution in [3.8, 4) is 0 Å². The highest BCUT2D eigenvalue weighted by Gasteiger charge is 2.07. The quantitative estimate of drug-likeness (QED) is 0.752. The normalized spacial score (nSPS) is 14.8. The molecule has 17 heavy (non-hydrogen) atoms. The van der Waals surface area contributed by atoms with Crippen molar-refractivity contribution >= 4 is 0 Å². The molecule has 1 aromatic rings. The van der Waals surface area contributed by atoms with Crippen molar-refractivity contribution in [1.82, 2.24) is 15.1 Å². The lowest BCUT2D eigenvalue weighted by atomic mass is 10.0. The van der Waals surface area contributed by atoms with Crippen LogP contribution in [0.25, 0.3) is 0 Å². The second kappa shape index (κ2) is 7.49. The van der Waals surface area contributed by atoms with Gasteiger partial charge in [0.25, 0.3) is 0 Å². The van der Waals surface area contributed by atoms with Crippen LogP contribution in [0.4, 0.5) is 0 Å². The molecule has 1 N–H and O–H groups in total. The number of nitrogens with zero attached hydrogens (tertiary/aromatic N) is 2. The molecule has 3 heteroatoms. The Morgan fingerprint density at radius 2 is 2.12 bits per heavy atom. The molecule has 1 heterocycles. The van der Waals surface area contributed by atoms with Gasteiger partial charge in [-0.05, 0) is 25.7 Å². The number of aromatic nitrogens is 2. The van der Waals surface area contributed by atoms with Crippen molar-refractivity contribution < 1.29 is 0 Å². The smallest absolute Gasteiger partial charge is 0.0534 e. The largest absolute Gasteiger partial charge is 0.310 e. The molecule has 0 spiro atoms. The Balaban J connectivity index is 2.29. The number of hydrogen-bond acceptors (Lipinski definition) is 2. The van der Waals surface area contributed by atoms with Crippen LogP contribution in [-0.4, -0.2) is 15.8 Å². The maximum Gasteiger partial charge on any atom is 0.0534 e. The van der Waals surface area contributed by atoms with Crippen LogP contribution in [0.1, 0.15) is 52.5 Å². The van der Waals surface area contributed by atoms with E-state index in [4.69, 9.17) is 0 Å². The van der Waals surface area contributed by atoms with Crippen molar-refractivity contribution in [2.45, 2.75) is 66.1 Å². The standard InChI is InChI=1S/C14H27N3/c1-5-7-17-11-14(10-16-17)9-15-13(4)8-12(3)6-2/h10-13,15H,5-9H2,1-4H3. The lowest BCUT2D eigenvalue weighted by molar-refractivity contribution is 0.412. The molecule has 0 fully saturated rings. The fourth-order valence-electron chi connectivity index (χ4n) is 1.99. The van der Waals surface area contributed by atoms with Crippen LogP contribution in [-0.2, 0) is 13.1 Å². The number of nitrogens with one attached hydrogen (secondary N) is 1. The lowest BCUT2D eigenvalue weighted by Gasteiger charge is -2.16. The summed E-state index contributed by atoms with van der Waals surface area (Å²) in [6.07, 6.45) is 7.77. The van der Waals surface area contributed by atoms with Gasteiger partial charge >= 0.3 is 0 Å². The summed E-state index contributed by atoms with van der Waals surface area (Å²) in [4.78, 5) is 0. The van der Waals surface area contributed by atoms with E-state index in [-0.39, 0.29) is 0 Å². The molecule has 0 bridgehead atoms. The molecule has 0 aliphatic carbocycles. The van der Waals surface area contributed by atoms with E-state index >= 15 is 0 Å². The minimum absolute atomic E-state index is 0.583. The highest BCUT2D eigenvalue weighted by molar-refractivity contribution is 5.03. The van der Waals surface area contributed by atoms with Crippen LogP contribution in [0.3, 0.4) is 0 Å². The molecule has 0 aliphatic rings. The Morgan fingerprint density at radius 1 is 1.35 bits per heavy atom. The van der Waals surface area contributed by atoms with Gasteiger partial charge in [0.15, 0.2) is 0 Å². The van der Waals surface area contributed by atoms with Crippen LogP contribution >= 0.6 is 0 Å². The molecule has 98 valence electrons. The van der Waals surface area contributed by atoms with Gasteiger partial charge in [-0.2, -0.15) is 5.10 Å². The van der Waals surface area contributed by atoms with Gasteiger partial charge in [-0.1, -0.05) is 27.2 Å². The fraction of sp³-hybridized carbons (Fsp3) is 0.786. The highest BCUT2D eigenvalue weighted by atomic mass is 15.3. The molecular weight excluding hydrogens is 210 g/mol. The first-order valence-electron chi connectivity index (χ1n) is 6.90. The minimum Gasteiger partial charge on any atom is -0.310 e. The molecule has 0 saturated heterocycles. The van der Waals surface area contributed by atoms with E-state index in [1.54, 1.807) is 0 Å². The van der Waals surface area contributed by atoms with Crippen LogP contribution in [0.5, 0.6) is 0 Å². The Kier molecular flexibility index (Phi) is 6.27. The third kappa shape index (κ3) is 5.35. The molecule has 0 radical (unpaired) electrons. The fourth-order valence-corrected chi connectivity index (χ4v) is 1.99. The van der Waals surface area contributed by atoms with E-state index in [1.807, 2.05) is 10.9 Å². The predicted molar refractivity (Wildman–Crippen MR) is 72.9 cm³/mol. The van der Waals surface area contributed by atoms with Crippen LogP contribution in [0, 0.1) is 5.92 Å². The predicted octanol–water partition coefficient (Wildman–Crippen LogP) is 3.21. The maximum atomic E-state index is 4.34. The average Bonchev–Trinajstić information content (AvgIpc) is 2.74. The Morgan fingerprint density at radius 3 is 2.76 bits per heavy atom. The molecular formula is C14H27N3. The zero-order valence-electron chi connectivity index (χ0n) is 11.7. The summed E-state index contributed by atoms with van der Waals surface area (Å²) < 4.78 is 2.02. The van der Waals surface area contributed by atoms with E-state index in [0.717, 1.165) is 25.4 Å². The second-order valence-corrected chi connectivity index (χ2v) is 5.14. The third-order valence-electron chi connectivity index (χ3n) is 3.25. The van der Waals surface area contributed by atoms with E-state index in [0.29, 0.717) is 6.04 Å². The first kappa shape index (κ1) is 14.2. The monoisotopic (exact) mass is 237 g/mol. The zero-order chi connectivity index (χ0) is 12.7. The summed E-state index contributed by atoms with van der Waals surface area (Å²) in [6, 6.07) is 0.583. The first-order chi connectivity index (χ1) is 8.15. The summed E-state index contributed by atoms with van der Waals surface area (Å²) >= 11 is 0. The topological polar surface area (TPSA) is 29.9 Å². The van der Waals surface area contributed by atoms with Crippen LogP contribution < -0.4 is 5.32 Å². The average molecular weight is 237 g/mol. The van der Waals surface area contributed by atoms with Crippen LogP contribution in [0.2, 0.25) is 0 Å². The Bertz CT molecular complexity index is 306. The zero-order valence-corrected chi connectivity index (χ0v) is 11.7. The van der Waals surface area contributed by atoms with E-state index in [9.17, 15) is 0 Å². The van der Waals surface area contributed by atoms with Crippen molar-refractivity contribution in [2.24, 2.45) is 5.92 Å². The van der Waals surface area contributed by atoms with Gasteiger partial charge in [-0.15, -0.1) is 0 Å². The van der Waals surface area contributed by atoms with Crippen LogP contribution in [0.15, 0.2) is 12.4 Å². The number of hydrogen-bond donors (Lipinski definition) is 1. The van der Waals surface area contributed by atoms with Gasteiger partial charge in [0.2, 0.25) is 0 Å². The number of rotatable bonds is 8. The summed E-state index contributed by atoms with van der Waals surface area (Å²) in [7, 11) is 0. The van der Waals surface area contributed by atoms with Crippen molar-refractivity contribution in [3.05, 3.63) is 18.0 Å². The lowest BCUT2D eigenvalue weighted by Crippen LogP contribution is -2.27. The minimum atomic E-state index is 0.583. The number of aryl methyl sites for hydroxylation is 1. The maximum absolute atomic E-state index is 4.34. The van der Waals surface area contributed by atoms with Gasteiger partial charge in [0.1, 0.15) is 0 Å². The van der Waals surface area contributed by atoms with Gasteiger partial charge in [-0.3, -0.25) is 4.68 Å².